The van der Waals surface area contributed by atoms with Gasteiger partial charge in [0.25, 0.3) is 0 Å². The highest BCUT2D eigenvalue weighted by atomic mass is 19.1. The lowest BCUT2D eigenvalue weighted by Gasteiger charge is -2.25. The second-order valence-electron chi connectivity index (χ2n) is 3.91. The summed E-state index contributed by atoms with van der Waals surface area (Å²) >= 11 is 0. The van der Waals surface area contributed by atoms with Crippen molar-refractivity contribution in [3.8, 4) is 0 Å². The summed E-state index contributed by atoms with van der Waals surface area (Å²) in [6, 6.07) is 5.29. The van der Waals surface area contributed by atoms with Gasteiger partial charge in [0.2, 0.25) is 0 Å². The van der Waals surface area contributed by atoms with Crippen LogP contribution in [-0.2, 0) is 6.42 Å². The molecule has 0 bridgehead atoms. The summed E-state index contributed by atoms with van der Waals surface area (Å²) in [5.74, 6) is 0.282. The van der Waals surface area contributed by atoms with Crippen LogP contribution in [0.5, 0.6) is 0 Å². The van der Waals surface area contributed by atoms with Crippen LogP contribution in [0.15, 0.2) is 18.2 Å². The predicted molar refractivity (Wildman–Crippen MR) is 53.8 cm³/mol. The minimum atomic E-state index is -0.0786. The maximum Gasteiger partial charge on any atom is 0.126 e. The second-order valence-corrected chi connectivity index (χ2v) is 3.91. The molecule has 1 atom stereocenters. The Labute approximate surface area is 83.6 Å². The van der Waals surface area contributed by atoms with Gasteiger partial charge in [0.05, 0.1) is 0 Å². The maximum atomic E-state index is 13.4. The minimum Gasteiger partial charge on any atom is -0.396 e. The van der Waals surface area contributed by atoms with Crippen LogP contribution in [0, 0.1) is 5.82 Å². The molecule has 0 radical (unpaired) electrons. The van der Waals surface area contributed by atoms with Crippen LogP contribution in [0.3, 0.4) is 0 Å². The van der Waals surface area contributed by atoms with Gasteiger partial charge in [-0.1, -0.05) is 12.1 Å². The normalized spacial score (nSPS) is 20.6. The molecule has 1 aromatic rings. The van der Waals surface area contributed by atoms with Gasteiger partial charge < -0.3 is 5.11 Å². The molecule has 0 saturated carbocycles. The Morgan fingerprint density at radius 3 is 3.07 bits per heavy atom. The van der Waals surface area contributed by atoms with E-state index in [4.69, 9.17) is 5.11 Å². The fourth-order valence-corrected chi connectivity index (χ4v) is 2.36. The number of aliphatic hydroxyl groups excluding tert-OH is 1. The lowest BCUT2D eigenvalue weighted by Crippen LogP contribution is -2.12. The summed E-state index contributed by atoms with van der Waals surface area (Å²) in [7, 11) is 0. The fraction of sp³-hybridized carbons (Fsp3) is 0.500. The van der Waals surface area contributed by atoms with Crippen molar-refractivity contribution in [1.82, 2.24) is 0 Å². The number of fused-ring (bicyclic) bond motifs is 1. The quantitative estimate of drug-likeness (QED) is 0.767. The molecular weight excluding hydrogens is 179 g/mol. The first kappa shape index (κ1) is 9.66. The van der Waals surface area contributed by atoms with Gasteiger partial charge in [-0.15, -0.1) is 0 Å². The molecule has 1 aliphatic rings. The van der Waals surface area contributed by atoms with Crippen LogP contribution in [0.25, 0.3) is 0 Å². The molecule has 0 spiro atoms. The largest absolute Gasteiger partial charge is 0.396 e. The van der Waals surface area contributed by atoms with Gasteiger partial charge in [-0.05, 0) is 48.8 Å². The van der Waals surface area contributed by atoms with E-state index in [2.05, 4.69) is 0 Å². The highest BCUT2D eigenvalue weighted by Gasteiger charge is 2.21. The van der Waals surface area contributed by atoms with Crippen molar-refractivity contribution in [2.24, 2.45) is 0 Å². The number of hydrogen-bond donors (Lipinski definition) is 1. The van der Waals surface area contributed by atoms with E-state index in [0.717, 1.165) is 36.8 Å². The first-order valence-corrected chi connectivity index (χ1v) is 5.21. The molecular formula is C12H15FO. The lowest BCUT2D eigenvalue weighted by atomic mass is 9.81. The molecule has 0 aromatic heterocycles. The van der Waals surface area contributed by atoms with Crippen molar-refractivity contribution in [2.45, 2.75) is 31.6 Å². The molecule has 76 valence electrons. The van der Waals surface area contributed by atoms with Gasteiger partial charge in [0.1, 0.15) is 5.82 Å². The zero-order valence-corrected chi connectivity index (χ0v) is 8.17. The standard InChI is InChI=1S/C12H15FO/c13-12-6-2-4-10-9(7-8-14)3-1-5-11(10)12/h2,4,6,9,14H,1,3,5,7-8H2. The molecule has 0 heterocycles. The van der Waals surface area contributed by atoms with E-state index < -0.39 is 0 Å². The molecule has 1 aliphatic carbocycles. The third-order valence-corrected chi connectivity index (χ3v) is 3.05. The average molecular weight is 194 g/mol. The third-order valence-electron chi connectivity index (χ3n) is 3.05. The Bertz CT molecular complexity index is 322. The van der Waals surface area contributed by atoms with Crippen molar-refractivity contribution >= 4 is 0 Å². The first-order valence-electron chi connectivity index (χ1n) is 5.21. The molecule has 2 heteroatoms. The Morgan fingerprint density at radius 1 is 1.43 bits per heavy atom. The van der Waals surface area contributed by atoms with Crippen LogP contribution < -0.4 is 0 Å². The SMILES string of the molecule is OCCC1CCCc2c(F)cccc21. The van der Waals surface area contributed by atoms with Crippen molar-refractivity contribution < 1.29 is 9.50 Å². The zero-order valence-electron chi connectivity index (χ0n) is 8.17. The van der Waals surface area contributed by atoms with E-state index >= 15 is 0 Å². The van der Waals surface area contributed by atoms with Crippen LogP contribution in [0.4, 0.5) is 4.39 Å². The van der Waals surface area contributed by atoms with Gasteiger partial charge in [0, 0.05) is 6.61 Å². The van der Waals surface area contributed by atoms with E-state index in [1.807, 2.05) is 6.07 Å². The number of aliphatic hydroxyl groups is 1. The number of benzene rings is 1. The molecule has 1 aromatic carbocycles. The average Bonchev–Trinajstić information content (AvgIpc) is 2.20. The van der Waals surface area contributed by atoms with E-state index in [1.165, 1.54) is 6.07 Å². The van der Waals surface area contributed by atoms with Crippen molar-refractivity contribution in [2.75, 3.05) is 6.61 Å². The molecule has 1 N–H and O–H groups in total. The summed E-state index contributed by atoms with van der Waals surface area (Å²) in [5, 5.41) is 8.92. The number of rotatable bonds is 2. The summed E-state index contributed by atoms with van der Waals surface area (Å²) < 4.78 is 13.4. The van der Waals surface area contributed by atoms with Gasteiger partial charge in [-0.25, -0.2) is 4.39 Å². The first-order chi connectivity index (χ1) is 6.83. The van der Waals surface area contributed by atoms with E-state index in [0.29, 0.717) is 5.92 Å². The minimum absolute atomic E-state index is 0.0786. The van der Waals surface area contributed by atoms with Crippen LogP contribution in [0.1, 0.15) is 36.3 Å². The smallest absolute Gasteiger partial charge is 0.126 e. The maximum absolute atomic E-state index is 13.4. The molecule has 14 heavy (non-hydrogen) atoms. The molecule has 0 fully saturated rings. The van der Waals surface area contributed by atoms with Crippen molar-refractivity contribution in [3.05, 3.63) is 35.1 Å². The second kappa shape index (κ2) is 4.09. The van der Waals surface area contributed by atoms with Gasteiger partial charge in [0.15, 0.2) is 0 Å². The highest BCUT2D eigenvalue weighted by Crippen LogP contribution is 2.34. The Hall–Kier alpha value is -0.890. The fourth-order valence-electron chi connectivity index (χ4n) is 2.36. The Kier molecular flexibility index (Phi) is 2.82. The van der Waals surface area contributed by atoms with Crippen molar-refractivity contribution in [1.29, 1.82) is 0 Å². The summed E-state index contributed by atoms with van der Waals surface area (Å²) in [5.41, 5.74) is 1.99. The van der Waals surface area contributed by atoms with Crippen molar-refractivity contribution in [3.63, 3.8) is 0 Å². The monoisotopic (exact) mass is 194 g/mol. The van der Waals surface area contributed by atoms with Gasteiger partial charge >= 0.3 is 0 Å². The number of halogens is 1. The molecule has 0 saturated heterocycles. The van der Waals surface area contributed by atoms with Crippen LogP contribution >= 0.6 is 0 Å². The molecule has 2 rings (SSSR count). The van der Waals surface area contributed by atoms with E-state index in [9.17, 15) is 4.39 Å². The Morgan fingerprint density at radius 2 is 2.29 bits per heavy atom. The molecule has 0 amide bonds. The zero-order chi connectivity index (χ0) is 9.97. The van der Waals surface area contributed by atoms with Crippen LogP contribution in [-0.4, -0.2) is 11.7 Å². The summed E-state index contributed by atoms with van der Waals surface area (Å²) in [6.07, 6.45) is 3.73. The summed E-state index contributed by atoms with van der Waals surface area (Å²) in [4.78, 5) is 0. The topological polar surface area (TPSA) is 20.2 Å². The summed E-state index contributed by atoms with van der Waals surface area (Å²) in [6.45, 7) is 0.195. The molecule has 1 nitrogen and oxygen atoms in total. The predicted octanol–water partition coefficient (Wildman–Crippen LogP) is 2.63. The molecule has 1 unspecified atom stereocenters. The van der Waals surface area contributed by atoms with Gasteiger partial charge in [-0.3, -0.25) is 0 Å². The Balaban J connectivity index is 2.34. The number of hydrogen-bond acceptors (Lipinski definition) is 1. The molecule has 0 aliphatic heterocycles. The van der Waals surface area contributed by atoms with E-state index in [1.54, 1.807) is 6.07 Å². The van der Waals surface area contributed by atoms with Crippen LogP contribution in [0.2, 0.25) is 0 Å². The lowest BCUT2D eigenvalue weighted by molar-refractivity contribution is 0.269. The third kappa shape index (κ3) is 1.67. The van der Waals surface area contributed by atoms with E-state index in [-0.39, 0.29) is 12.4 Å². The van der Waals surface area contributed by atoms with Gasteiger partial charge in [-0.2, -0.15) is 0 Å². The highest BCUT2D eigenvalue weighted by molar-refractivity contribution is 5.33.